The van der Waals surface area contributed by atoms with Crippen LogP contribution in [0.2, 0.25) is 0 Å². The number of para-hydroxylation sites is 1. The van der Waals surface area contributed by atoms with Crippen LogP contribution in [0.1, 0.15) is 30.1 Å². The molecule has 23 heavy (non-hydrogen) atoms. The summed E-state index contributed by atoms with van der Waals surface area (Å²) >= 11 is 0. The molecule has 120 valence electrons. The first-order chi connectivity index (χ1) is 11.1. The van der Waals surface area contributed by atoms with Gasteiger partial charge in [-0.2, -0.15) is 0 Å². The van der Waals surface area contributed by atoms with E-state index in [1.165, 1.54) is 17.2 Å². The normalized spacial score (nSPS) is 11.3. The number of hydrogen-bond acceptors (Lipinski definition) is 2. The molecule has 2 aromatic heterocycles. The third-order valence-electron chi connectivity index (χ3n) is 4.01. The Bertz CT molecular complexity index is 800. The number of carbonyl (C=O) groups is 1. The molecule has 3 aromatic rings. The third kappa shape index (κ3) is 3.16. The van der Waals surface area contributed by atoms with Crippen molar-refractivity contribution in [3.8, 4) is 0 Å². The number of aromatic nitrogens is 1. The van der Waals surface area contributed by atoms with Crippen LogP contribution in [0.15, 0.2) is 53.1 Å². The van der Waals surface area contributed by atoms with Crippen molar-refractivity contribution in [2.45, 2.75) is 20.4 Å². The zero-order valence-corrected chi connectivity index (χ0v) is 13.8. The van der Waals surface area contributed by atoms with E-state index >= 15 is 0 Å². The van der Waals surface area contributed by atoms with Crippen molar-refractivity contribution in [1.82, 2.24) is 9.47 Å². The van der Waals surface area contributed by atoms with E-state index in [4.69, 9.17) is 4.42 Å². The highest BCUT2D eigenvalue weighted by Crippen LogP contribution is 2.21. The maximum atomic E-state index is 12.7. The Kier molecular flexibility index (Phi) is 4.24. The molecular weight excluding hydrogens is 288 g/mol. The van der Waals surface area contributed by atoms with Gasteiger partial charge in [0.2, 0.25) is 0 Å². The number of amides is 1. The maximum Gasteiger partial charge on any atom is 0.289 e. The standard InChI is InChI=1S/C19H22N2O2/c1-14(2)12-21(19(22)18-9-6-10-23-18)13-16-11-15-7-4-5-8-17(15)20(16)3/h4-11,14H,12-13H2,1-3H3. The lowest BCUT2D eigenvalue weighted by Gasteiger charge is -2.24. The van der Waals surface area contributed by atoms with E-state index < -0.39 is 0 Å². The molecule has 0 aliphatic rings. The molecule has 0 saturated heterocycles. The summed E-state index contributed by atoms with van der Waals surface area (Å²) in [6.07, 6.45) is 1.54. The topological polar surface area (TPSA) is 38.4 Å². The summed E-state index contributed by atoms with van der Waals surface area (Å²) in [4.78, 5) is 14.6. The van der Waals surface area contributed by atoms with E-state index in [1.807, 2.05) is 24.1 Å². The molecule has 4 heteroatoms. The molecule has 0 atom stereocenters. The summed E-state index contributed by atoms with van der Waals surface area (Å²) in [6.45, 7) is 5.50. The molecule has 0 radical (unpaired) electrons. The Morgan fingerprint density at radius 1 is 1.22 bits per heavy atom. The molecule has 1 aromatic carbocycles. The van der Waals surface area contributed by atoms with Gasteiger partial charge in [-0.25, -0.2) is 0 Å². The second kappa shape index (κ2) is 6.32. The molecule has 2 heterocycles. The number of benzene rings is 1. The molecule has 0 unspecified atom stereocenters. The summed E-state index contributed by atoms with van der Waals surface area (Å²) in [5.74, 6) is 0.724. The highest BCUT2D eigenvalue weighted by Gasteiger charge is 2.21. The molecule has 4 nitrogen and oxygen atoms in total. The first kappa shape index (κ1) is 15.4. The van der Waals surface area contributed by atoms with Crippen molar-refractivity contribution in [3.63, 3.8) is 0 Å². The van der Waals surface area contributed by atoms with Crippen molar-refractivity contribution in [2.24, 2.45) is 13.0 Å². The minimum atomic E-state index is -0.0612. The fraction of sp³-hybridized carbons (Fsp3) is 0.316. The van der Waals surface area contributed by atoms with Gasteiger partial charge in [0, 0.05) is 24.8 Å². The van der Waals surface area contributed by atoms with Crippen LogP contribution < -0.4 is 0 Å². The van der Waals surface area contributed by atoms with E-state index in [-0.39, 0.29) is 5.91 Å². The van der Waals surface area contributed by atoms with Crippen LogP contribution in [0.5, 0.6) is 0 Å². The average molecular weight is 310 g/mol. The molecule has 3 rings (SSSR count). The van der Waals surface area contributed by atoms with Crippen molar-refractivity contribution in [3.05, 3.63) is 60.2 Å². The van der Waals surface area contributed by atoms with Crippen LogP contribution in [0.4, 0.5) is 0 Å². The fourth-order valence-corrected chi connectivity index (χ4v) is 2.91. The van der Waals surface area contributed by atoms with Crippen LogP contribution in [0.25, 0.3) is 10.9 Å². The summed E-state index contributed by atoms with van der Waals surface area (Å²) in [6, 6.07) is 13.9. The highest BCUT2D eigenvalue weighted by atomic mass is 16.3. The maximum absolute atomic E-state index is 12.7. The summed E-state index contributed by atoms with van der Waals surface area (Å²) in [5.41, 5.74) is 2.30. The van der Waals surface area contributed by atoms with E-state index in [0.29, 0.717) is 24.8 Å². The number of furan rings is 1. The van der Waals surface area contributed by atoms with Gasteiger partial charge < -0.3 is 13.9 Å². The average Bonchev–Trinajstić information content (AvgIpc) is 3.15. The minimum Gasteiger partial charge on any atom is -0.459 e. The molecule has 0 spiro atoms. The van der Waals surface area contributed by atoms with Gasteiger partial charge in [-0.1, -0.05) is 32.0 Å². The number of fused-ring (bicyclic) bond motifs is 1. The lowest BCUT2D eigenvalue weighted by molar-refractivity contribution is 0.0687. The van der Waals surface area contributed by atoms with Crippen LogP contribution in [0, 0.1) is 5.92 Å². The van der Waals surface area contributed by atoms with Crippen LogP contribution in [-0.4, -0.2) is 21.9 Å². The Morgan fingerprint density at radius 2 is 2.00 bits per heavy atom. The molecule has 0 aliphatic carbocycles. The summed E-state index contributed by atoms with van der Waals surface area (Å²) in [7, 11) is 2.04. The quantitative estimate of drug-likeness (QED) is 0.712. The molecular formula is C19H22N2O2. The SMILES string of the molecule is CC(C)CN(Cc1cc2ccccc2n1C)C(=O)c1ccco1. The van der Waals surface area contributed by atoms with Gasteiger partial charge >= 0.3 is 0 Å². The molecule has 0 aliphatic heterocycles. The molecule has 0 bridgehead atoms. The van der Waals surface area contributed by atoms with Gasteiger partial charge in [-0.3, -0.25) is 4.79 Å². The monoisotopic (exact) mass is 310 g/mol. The fourth-order valence-electron chi connectivity index (χ4n) is 2.91. The zero-order valence-electron chi connectivity index (χ0n) is 13.8. The van der Waals surface area contributed by atoms with Crippen molar-refractivity contribution >= 4 is 16.8 Å². The predicted molar refractivity (Wildman–Crippen MR) is 91.2 cm³/mol. The Balaban J connectivity index is 1.90. The number of carbonyl (C=O) groups excluding carboxylic acids is 1. The second-order valence-electron chi connectivity index (χ2n) is 6.31. The van der Waals surface area contributed by atoms with Crippen LogP contribution >= 0.6 is 0 Å². The van der Waals surface area contributed by atoms with E-state index in [1.54, 1.807) is 12.1 Å². The van der Waals surface area contributed by atoms with E-state index in [9.17, 15) is 4.79 Å². The minimum absolute atomic E-state index is 0.0612. The van der Waals surface area contributed by atoms with Gasteiger partial charge in [0.1, 0.15) is 0 Å². The van der Waals surface area contributed by atoms with Gasteiger partial charge in [0.05, 0.1) is 12.8 Å². The molecule has 0 fully saturated rings. The summed E-state index contributed by atoms with van der Waals surface area (Å²) < 4.78 is 7.44. The second-order valence-corrected chi connectivity index (χ2v) is 6.31. The zero-order chi connectivity index (χ0) is 16.4. The predicted octanol–water partition coefficient (Wildman–Crippen LogP) is 4.07. The van der Waals surface area contributed by atoms with Gasteiger partial charge in [0.25, 0.3) is 5.91 Å². The molecule has 0 N–H and O–H groups in total. The lowest BCUT2D eigenvalue weighted by Crippen LogP contribution is -2.34. The van der Waals surface area contributed by atoms with Crippen LogP contribution in [-0.2, 0) is 13.6 Å². The lowest BCUT2D eigenvalue weighted by atomic mass is 10.2. The van der Waals surface area contributed by atoms with E-state index in [2.05, 4.69) is 36.6 Å². The van der Waals surface area contributed by atoms with Crippen LogP contribution in [0.3, 0.4) is 0 Å². The van der Waals surface area contributed by atoms with Gasteiger partial charge in [-0.15, -0.1) is 0 Å². The van der Waals surface area contributed by atoms with Gasteiger partial charge in [-0.05, 0) is 35.6 Å². The number of hydrogen-bond donors (Lipinski definition) is 0. The highest BCUT2D eigenvalue weighted by molar-refractivity contribution is 5.91. The van der Waals surface area contributed by atoms with Crippen molar-refractivity contribution < 1.29 is 9.21 Å². The number of rotatable bonds is 5. The summed E-state index contributed by atoms with van der Waals surface area (Å²) in [5, 5.41) is 1.19. The number of nitrogens with zero attached hydrogens (tertiary/aromatic N) is 2. The van der Waals surface area contributed by atoms with Crippen molar-refractivity contribution in [1.29, 1.82) is 0 Å². The smallest absolute Gasteiger partial charge is 0.289 e. The molecule has 1 amide bonds. The first-order valence-electron chi connectivity index (χ1n) is 7.92. The van der Waals surface area contributed by atoms with E-state index in [0.717, 1.165) is 5.69 Å². The number of aryl methyl sites for hydroxylation is 1. The molecule has 0 saturated carbocycles. The Labute approximate surface area is 136 Å². The Morgan fingerprint density at radius 3 is 2.65 bits per heavy atom. The Hall–Kier alpha value is -2.49. The van der Waals surface area contributed by atoms with Crippen molar-refractivity contribution in [2.75, 3.05) is 6.54 Å². The first-order valence-corrected chi connectivity index (χ1v) is 7.92. The third-order valence-corrected chi connectivity index (χ3v) is 4.01. The van der Waals surface area contributed by atoms with Gasteiger partial charge in [0.15, 0.2) is 5.76 Å². The largest absolute Gasteiger partial charge is 0.459 e.